The highest BCUT2D eigenvalue weighted by molar-refractivity contribution is 7.91. The van der Waals surface area contributed by atoms with Crippen molar-refractivity contribution in [2.75, 3.05) is 24.7 Å². The number of nitrogens with zero attached hydrogens (tertiary/aromatic N) is 1. The topological polar surface area (TPSA) is 66.5 Å². The average molecular weight is 296 g/mol. The highest BCUT2D eigenvalue weighted by Gasteiger charge is 2.22. The largest absolute Gasteiger partial charge is 0.381 e. The molecule has 1 atom stereocenters. The summed E-state index contributed by atoms with van der Waals surface area (Å²) < 4.78 is 23.4. The molecule has 1 saturated heterocycles. The summed E-state index contributed by atoms with van der Waals surface area (Å²) in [5, 5.41) is 3.34. The van der Waals surface area contributed by atoms with Crippen LogP contribution in [0.4, 0.5) is 5.69 Å². The third kappa shape index (κ3) is 3.30. The van der Waals surface area contributed by atoms with E-state index in [-0.39, 0.29) is 17.7 Å². The van der Waals surface area contributed by atoms with E-state index in [1.165, 1.54) is 0 Å². The van der Waals surface area contributed by atoms with Crippen molar-refractivity contribution in [1.82, 2.24) is 4.90 Å². The quantitative estimate of drug-likeness (QED) is 0.914. The minimum absolute atomic E-state index is 0.106. The Kier molecular flexibility index (Phi) is 4.32. The van der Waals surface area contributed by atoms with Gasteiger partial charge in [-0.3, -0.25) is 4.79 Å². The Morgan fingerprint density at radius 1 is 1.30 bits per heavy atom. The molecule has 0 spiro atoms. The summed E-state index contributed by atoms with van der Waals surface area (Å²) in [6, 6.07) is 7.02. The summed E-state index contributed by atoms with van der Waals surface area (Å²) >= 11 is 0. The second kappa shape index (κ2) is 5.83. The molecule has 20 heavy (non-hydrogen) atoms. The fourth-order valence-electron chi connectivity index (χ4n) is 2.29. The van der Waals surface area contributed by atoms with Crippen LogP contribution in [0.2, 0.25) is 0 Å². The van der Waals surface area contributed by atoms with Crippen LogP contribution in [0.5, 0.6) is 0 Å². The fraction of sp³-hybridized carbons (Fsp3) is 0.500. The van der Waals surface area contributed by atoms with E-state index in [1.54, 1.807) is 43.1 Å². The SMILES string of the molecule is CCS(=O)(=O)c1ccc(NC2CCC(=O)N(C)C2)cc1. The van der Waals surface area contributed by atoms with Crippen molar-refractivity contribution in [3.63, 3.8) is 0 Å². The minimum Gasteiger partial charge on any atom is -0.381 e. The van der Waals surface area contributed by atoms with Crippen molar-refractivity contribution >= 4 is 21.4 Å². The summed E-state index contributed by atoms with van der Waals surface area (Å²) in [6.07, 6.45) is 1.36. The Balaban J connectivity index is 2.03. The molecule has 0 bridgehead atoms. The van der Waals surface area contributed by atoms with E-state index in [0.29, 0.717) is 17.9 Å². The Morgan fingerprint density at radius 3 is 2.50 bits per heavy atom. The van der Waals surface area contributed by atoms with Gasteiger partial charge < -0.3 is 10.2 Å². The molecule has 1 unspecified atom stereocenters. The maximum Gasteiger partial charge on any atom is 0.222 e. The van der Waals surface area contributed by atoms with Crippen LogP contribution in [-0.4, -0.2) is 44.6 Å². The summed E-state index contributed by atoms with van der Waals surface area (Å²) in [4.78, 5) is 13.5. The number of benzene rings is 1. The van der Waals surface area contributed by atoms with Gasteiger partial charge in [0.25, 0.3) is 0 Å². The van der Waals surface area contributed by atoms with Gasteiger partial charge in [0, 0.05) is 31.7 Å². The Labute approximate surface area is 119 Å². The molecular weight excluding hydrogens is 276 g/mol. The number of piperidine rings is 1. The molecule has 1 N–H and O–H groups in total. The van der Waals surface area contributed by atoms with E-state index >= 15 is 0 Å². The van der Waals surface area contributed by atoms with Crippen LogP contribution in [-0.2, 0) is 14.6 Å². The number of carbonyl (C=O) groups is 1. The lowest BCUT2D eigenvalue weighted by atomic mass is 10.1. The molecule has 1 aromatic carbocycles. The average Bonchev–Trinajstić information content (AvgIpc) is 2.43. The normalized spacial score (nSPS) is 20.0. The predicted octanol–water partition coefficient (Wildman–Crippen LogP) is 1.51. The Bertz CT molecular complexity index is 581. The van der Waals surface area contributed by atoms with Crippen LogP contribution >= 0.6 is 0 Å². The van der Waals surface area contributed by atoms with Gasteiger partial charge in [-0.2, -0.15) is 0 Å². The number of rotatable bonds is 4. The van der Waals surface area contributed by atoms with Crippen molar-refractivity contribution in [2.45, 2.75) is 30.7 Å². The first-order valence-electron chi connectivity index (χ1n) is 6.75. The first-order chi connectivity index (χ1) is 9.42. The van der Waals surface area contributed by atoms with Gasteiger partial charge in [0.1, 0.15) is 0 Å². The molecule has 0 saturated carbocycles. The van der Waals surface area contributed by atoms with Crippen molar-refractivity contribution in [3.8, 4) is 0 Å². The first-order valence-corrected chi connectivity index (χ1v) is 8.41. The maximum atomic E-state index is 11.7. The molecule has 1 aliphatic heterocycles. The van der Waals surface area contributed by atoms with Crippen LogP contribution in [0.25, 0.3) is 0 Å². The van der Waals surface area contributed by atoms with E-state index in [4.69, 9.17) is 0 Å². The first kappa shape index (κ1) is 14.8. The predicted molar refractivity (Wildman–Crippen MR) is 78.5 cm³/mol. The van der Waals surface area contributed by atoms with Gasteiger partial charge in [0.2, 0.25) is 5.91 Å². The lowest BCUT2D eigenvalue weighted by Crippen LogP contribution is -2.43. The number of likely N-dealkylation sites (tertiary alicyclic amines) is 1. The third-order valence-corrected chi connectivity index (χ3v) is 5.34. The molecule has 1 aliphatic rings. The van der Waals surface area contributed by atoms with Crippen molar-refractivity contribution < 1.29 is 13.2 Å². The van der Waals surface area contributed by atoms with Gasteiger partial charge in [0.05, 0.1) is 10.6 Å². The molecule has 0 aliphatic carbocycles. The minimum atomic E-state index is -3.14. The third-order valence-electron chi connectivity index (χ3n) is 3.59. The van der Waals surface area contributed by atoms with Gasteiger partial charge in [0.15, 0.2) is 9.84 Å². The van der Waals surface area contributed by atoms with Gasteiger partial charge in [-0.25, -0.2) is 8.42 Å². The van der Waals surface area contributed by atoms with E-state index in [2.05, 4.69) is 5.32 Å². The zero-order chi connectivity index (χ0) is 14.8. The summed E-state index contributed by atoms with van der Waals surface area (Å²) in [7, 11) is -1.35. The molecule has 2 rings (SSSR count). The zero-order valence-corrected chi connectivity index (χ0v) is 12.6. The molecule has 1 aromatic rings. The van der Waals surface area contributed by atoms with Crippen molar-refractivity contribution in [2.24, 2.45) is 0 Å². The standard InChI is InChI=1S/C14H20N2O3S/c1-3-20(18,19)13-7-4-11(5-8-13)15-12-6-9-14(17)16(2)10-12/h4-5,7-8,12,15H,3,6,9-10H2,1-2H3. The molecule has 1 amide bonds. The van der Waals surface area contributed by atoms with E-state index < -0.39 is 9.84 Å². The lowest BCUT2D eigenvalue weighted by Gasteiger charge is -2.30. The molecule has 1 fully saturated rings. The molecule has 5 nitrogen and oxygen atoms in total. The number of carbonyl (C=O) groups excluding carboxylic acids is 1. The maximum absolute atomic E-state index is 11.7. The van der Waals surface area contributed by atoms with Gasteiger partial charge >= 0.3 is 0 Å². The van der Waals surface area contributed by atoms with Crippen LogP contribution < -0.4 is 5.32 Å². The second-order valence-corrected chi connectivity index (χ2v) is 7.36. The molecular formula is C14H20N2O3S. The monoisotopic (exact) mass is 296 g/mol. The summed E-state index contributed by atoms with van der Waals surface area (Å²) in [6.45, 7) is 2.31. The van der Waals surface area contributed by atoms with Crippen molar-refractivity contribution in [1.29, 1.82) is 0 Å². The molecule has 110 valence electrons. The fourth-order valence-corrected chi connectivity index (χ4v) is 3.18. The van der Waals surface area contributed by atoms with Crippen LogP contribution in [0.1, 0.15) is 19.8 Å². The smallest absolute Gasteiger partial charge is 0.222 e. The number of amides is 1. The molecule has 0 radical (unpaired) electrons. The van der Waals surface area contributed by atoms with Gasteiger partial charge in [-0.15, -0.1) is 0 Å². The number of anilines is 1. The number of hydrogen-bond donors (Lipinski definition) is 1. The Morgan fingerprint density at radius 2 is 1.95 bits per heavy atom. The van der Waals surface area contributed by atoms with Gasteiger partial charge in [-0.1, -0.05) is 6.92 Å². The van der Waals surface area contributed by atoms with E-state index in [1.807, 2.05) is 0 Å². The molecule has 1 heterocycles. The number of sulfone groups is 1. The van der Waals surface area contributed by atoms with E-state index in [9.17, 15) is 13.2 Å². The van der Waals surface area contributed by atoms with Crippen LogP contribution in [0.15, 0.2) is 29.2 Å². The second-order valence-electron chi connectivity index (χ2n) is 5.08. The lowest BCUT2D eigenvalue weighted by molar-refractivity contribution is -0.132. The van der Waals surface area contributed by atoms with E-state index in [0.717, 1.165) is 12.1 Å². The van der Waals surface area contributed by atoms with Gasteiger partial charge in [-0.05, 0) is 30.7 Å². The highest BCUT2D eigenvalue weighted by atomic mass is 32.2. The Hall–Kier alpha value is -1.56. The molecule has 0 aromatic heterocycles. The zero-order valence-electron chi connectivity index (χ0n) is 11.8. The number of hydrogen-bond acceptors (Lipinski definition) is 4. The number of likely N-dealkylation sites (N-methyl/N-ethyl adjacent to an activating group) is 1. The summed E-state index contributed by atoms with van der Waals surface area (Å²) in [5.74, 6) is 0.280. The molecule has 6 heteroatoms. The van der Waals surface area contributed by atoms with Crippen LogP contribution in [0, 0.1) is 0 Å². The van der Waals surface area contributed by atoms with Crippen molar-refractivity contribution in [3.05, 3.63) is 24.3 Å². The summed E-state index contributed by atoms with van der Waals surface area (Å²) in [5.41, 5.74) is 0.882. The number of nitrogens with one attached hydrogen (secondary N) is 1. The van der Waals surface area contributed by atoms with Crippen LogP contribution in [0.3, 0.4) is 0 Å². The highest BCUT2D eigenvalue weighted by Crippen LogP contribution is 2.19.